The van der Waals surface area contributed by atoms with Gasteiger partial charge in [-0.3, -0.25) is 4.79 Å². The predicted octanol–water partition coefficient (Wildman–Crippen LogP) is 0.589. The smallest absolute Gasteiger partial charge is 0.545 e. The summed E-state index contributed by atoms with van der Waals surface area (Å²) in [7, 11) is 0. The quantitative estimate of drug-likeness (QED) is 0.361. The molecule has 0 atom stereocenters. The van der Waals surface area contributed by atoms with Crippen LogP contribution in [0.25, 0.3) is 21.8 Å². The van der Waals surface area contributed by atoms with E-state index in [9.17, 15) is 27.9 Å². The molecule has 0 saturated carbocycles. The number of carbonyl (C=O) groups excluding carboxylic acids is 1. The van der Waals surface area contributed by atoms with E-state index in [4.69, 9.17) is 0 Å². The summed E-state index contributed by atoms with van der Waals surface area (Å²) >= 11 is 0. The number of hydrogen-bond donors (Lipinski definition) is 0. The zero-order chi connectivity index (χ0) is 20.8. The molecular formula is C22H13F3NNaO3. The second-order valence-corrected chi connectivity index (χ2v) is 6.65. The monoisotopic (exact) mass is 419 g/mol. The van der Waals surface area contributed by atoms with Crippen molar-refractivity contribution in [3.05, 3.63) is 93.6 Å². The summed E-state index contributed by atoms with van der Waals surface area (Å²) in [5.74, 6) is -1.31. The fourth-order valence-electron chi connectivity index (χ4n) is 3.40. The summed E-state index contributed by atoms with van der Waals surface area (Å²) in [5, 5.41) is 11.5. The van der Waals surface area contributed by atoms with E-state index in [1.165, 1.54) is 18.2 Å². The van der Waals surface area contributed by atoms with Crippen molar-refractivity contribution in [2.45, 2.75) is 12.7 Å². The molecule has 0 spiro atoms. The van der Waals surface area contributed by atoms with E-state index in [0.29, 0.717) is 16.5 Å². The number of para-hydroxylation sites is 1. The molecule has 0 radical (unpaired) electrons. The fraction of sp³-hybridized carbons (Fsp3) is 0.0909. The molecule has 3 aromatic carbocycles. The molecule has 0 N–H and O–H groups in total. The van der Waals surface area contributed by atoms with Gasteiger partial charge in [-0.15, -0.1) is 0 Å². The molecule has 1 heterocycles. The van der Waals surface area contributed by atoms with E-state index < -0.39 is 17.7 Å². The van der Waals surface area contributed by atoms with Gasteiger partial charge in [-0.25, -0.2) is 0 Å². The van der Waals surface area contributed by atoms with Crippen LogP contribution in [0.2, 0.25) is 0 Å². The topological polar surface area (TPSA) is 62.1 Å². The summed E-state index contributed by atoms with van der Waals surface area (Å²) in [5.41, 5.74) is 0.139. The maximum absolute atomic E-state index is 13.3. The number of carboxylic acids is 1. The summed E-state index contributed by atoms with van der Waals surface area (Å²) in [6.07, 6.45) is -4.54. The van der Waals surface area contributed by atoms with Gasteiger partial charge in [0.05, 0.1) is 22.6 Å². The van der Waals surface area contributed by atoms with Gasteiger partial charge < -0.3 is 14.5 Å². The number of hydrogen-bond acceptors (Lipinski definition) is 3. The maximum Gasteiger partial charge on any atom is 1.00 e. The number of carbonyl (C=O) groups is 1. The van der Waals surface area contributed by atoms with Crippen molar-refractivity contribution in [1.29, 1.82) is 0 Å². The van der Waals surface area contributed by atoms with E-state index in [-0.39, 0.29) is 58.0 Å². The third-order valence-electron chi connectivity index (χ3n) is 4.83. The molecule has 0 aliphatic carbocycles. The van der Waals surface area contributed by atoms with E-state index in [1.54, 1.807) is 41.0 Å². The van der Waals surface area contributed by atoms with Gasteiger partial charge in [0.15, 0.2) is 5.43 Å². The van der Waals surface area contributed by atoms with Crippen molar-refractivity contribution in [2.24, 2.45) is 0 Å². The van der Waals surface area contributed by atoms with Crippen molar-refractivity contribution >= 4 is 27.8 Å². The first-order chi connectivity index (χ1) is 13.8. The number of rotatable bonds is 3. The van der Waals surface area contributed by atoms with Crippen LogP contribution in [-0.4, -0.2) is 10.5 Å². The number of pyridine rings is 1. The Balaban J connectivity index is 0.00000256. The number of nitrogens with zero attached hydrogens (tertiary/aromatic N) is 1. The van der Waals surface area contributed by atoms with Crippen molar-refractivity contribution in [1.82, 2.24) is 4.57 Å². The number of aromatic nitrogens is 1. The Morgan fingerprint density at radius 1 is 0.900 bits per heavy atom. The van der Waals surface area contributed by atoms with Crippen molar-refractivity contribution < 1.29 is 52.6 Å². The molecule has 0 amide bonds. The largest absolute Gasteiger partial charge is 1.00 e. The minimum atomic E-state index is -4.54. The van der Waals surface area contributed by atoms with Crippen molar-refractivity contribution in [3.8, 4) is 0 Å². The number of benzene rings is 3. The Bertz CT molecular complexity index is 1310. The molecule has 30 heavy (non-hydrogen) atoms. The van der Waals surface area contributed by atoms with Crippen LogP contribution in [0.4, 0.5) is 13.2 Å². The Kier molecular flexibility index (Phi) is 6.08. The van der Waals surface area contributed by atoms with Crippen LogP contribution in [0.3, 0.4) is 0 Å². The zero-order valence-corrected chi connectivity index (χ0v) is 17.9. The third kappa shape index (κ3) is 4.01. The molecule has 4 aromatic rings. The molecule has 4 rings (SSSR count). The maximum atomic E-state index is 13.3. The molecule has 4 nitrogen and oxygen atoms in total. The molecule has 0 fully saturated rings. The molecule has 146 valence electrons. The SMILES string of the molecule is O=C([O-])c1ccc(Cn2c3ccccc3c(=O)c3ccc(C(F)(F)F)cc32)cc1.[Na+]. The molecule has 8 heteroatoms. The van der Waals surface area contributed by atoms with Crippen LogP contribution < -0.4 is 40.1 Å². The van der Waals surface area contributed by atoms with Gasteiger partial charge in [-0.05, 0) is 41.5 Å². The normalized spacial score (nSPS) is 11.4. The Labute approximate surface area is 190 Å². The van der Waals surface area contributed by atoms with E-state index >= 15 is 0 Å². The fourth-order valence-corrected chi connectivity index (χ4v) is 3.40. The number of carboxylic acid groups (broad SMARTS) is 1. The second kappa shape index (κ2) is 8.26. The number of aromatic carboxylic acids is 1. The van der Waals surface area contributed by atoms with Crippen LogP contribution in [-0.2, 0) is 12.7 Å². The molecule has 0 unspecified atom stereocenters. The first-order valence-corrected chi connectivity index (χ1v) is 8.68. The minimum Gasteiger partial charge on any atom is -0.545 e. The van der Waals surface area contributed by atoms with Crippen LogP contribution in [0.1, 0.15) is 21.5 Å². The van der Waals surface area contributed by atoms with Crippen molar-refractivity contribution in [3.63, 3.8) is 0 Å². The van der Waals surface area contributed by atoms with E-state index in [1.807, 2.05) is 0 Å². The van der Waals surface area contributed by atoms with Crippen LogP contribution >= 0.6 is 0 Å². The standard InChI is InChI=1S/C22H14F3NO3.Na/c23-22(24,25)15-9-10-17-19(11-15)26(18-4-2-1-3-16(18)20(17)27)12-13-5-7-14(8-6-13)21(28)29;/h1-11H,12H2,(H,28,29);/q;+1/p-1. The van der Waals surface area contributed by atoms with Gasteiger partial charge in [0.2, 0.25) is 0 Å². The average Bonchev–Trinajstić information content (AvgIpc) is 2.70. The van der Waals surface area contributed by atoms with Gasteiger partial charge in [0.1, 0.15) is 0 Å². The van der Waals surface area contributed by atoms with E-state index in [2.05, 4.69) is 0 Å². The molecule has 0 saturated heterocycles. The van der Waals surface area contributed by atoms with Crippen molar-refractivity contribution in [2.75, 3.05) is 0 Å². The Hall–Kier alpha value is -2.61. The van der Waals surface area contributed by atoms with Gasteiger partial charge in [-0.1, -0.05) is 36.4 Å². The first-order valence-electron chi connectivity index (χ1n) is 8.68. The van der Waals surface area contributed by atoms with Gasteiger partial charge in [0.25, 0.3) is 0 Å². The number of fused-ring (bicyclic) bond motifs is 2. The molecule has 0 aliphatic rings. The minimum absolute atomic E-state index is 0. The van der Waals surface area contributed by atoms with Gasteiger partial charge in [0, 0.05) is 17.3 Å². The number of halogens is 3. The van der Waals surface area contributed by atoms with Crippen LogP contribution in [0.5, 0.6) is 0 Å². The van der Waals surface area contributed by atoms with Gasteiger partial charge in [-0.2, -0.15) is 13.2 Å². The zero-order valence-electron chi connectivity index (χ0n) is 15.9. The summed E-state index contributed by atoms with van der Waals surface area (Å²) in [6.45, 7) is 0.159. The summed E-state index contributed by atoms with van der Waals surface area (Å²) in [4.78, 5) is 23.7. The number of alkyl halides is 3. The molecule has 1 aromatic heterocycles. The Morgan fingerprint density at radius 3 is 2.17 bits per heavy atom. The summed E-state index contributed by atoms with van der Waals surface area (Å²) < 4.78 is 41.4. The molecule has 0 bridgehead atoms. The van der Waals surface area contributed by atoms with E-state index in [0.717, 1.165) is 12.1 Å². The summed E-state index contributed by atoms with van der Waals surface area (Å²) in [6, 6.07) is 15.6. The second-order valence-electron chi connectivity index (χ2n) is 6.65. The first kappa shape index (κ1) is 22.1. The van der Waals surface area contributed by atoms with Crippen LogP contribution in [0.15, 0.2) is 71.5 Å². The molecule has 0 aliphatic heterocycles. The van der Waals surface area contributed by atoms with Crippen LogP contribution in [0, 0.1) is 0 Å². The molecular weight excluding hydrogens is 406 g/mol. The average molecular weight is 419 g/mol. The van der Waals surface area contributed by atoms with Gasteiger partial charge >= 0.3 is 35.7 Å². The Morgan fingerprint density at radius 2 is 1.53 bits per heavy atom. The third-order valence-corrected chi connectivity index (χ3v) is 4.83. The predicted molar refractivity (Wildman–Crippen MR) is 101 cm³/mol.